The Labute approximate surface area is 105 Å². The Morgan fingerprint density at radius 1 is 1.25 bits per heavy atom. The van der Waals surface area contributed by atoms with Gasteiger partial charge in [0, 0.05) is 5.41 Å². The maximum absolute atomic E-state index is 5.88. The van der Waals surface area contributed by atoms with Crippen molar-refractivity contribution in [3.05, 3.63) is 29.8 Å². The van der Waals surface area contributed by atoms with Crippen LogP contribution in [0.15, 0.2) is 24.3 Å². The van der Waals surface area contributed by atoms with Crippen molar-refractivity contribution in [2.24, 2.45) is 5.41 Å². The van der Waals surface area contributed by atoms with Crippen molar-refractivity contribution in [2.75, 3.05) is 12.4 Å². The monoisotopic (exact) mass is 238 g/mol. The molecule has 0 radical (unpaired) electrons. The quantitative estimate of drug-likeness (QED) is 0.734. The van der Waals surface area contributed by atoms with Gasteiger partial charge in [0.2, 0.25) is 0 Å². The zero-order valence-corrected chi connectivity index (χ0v) is 11.4. The summed E-state index contributed by atoms with van der Waals surface area (Å²) < 4.78 is 5.88. The second-order valence-electron chi connectivity index (χ2n) is 4.47. The molecule has 0 N–H and O–H groups in total. The number of hydrogen-bond donors (Lipinski definition) is 1. The van der Waals surface area contributed by atoms with Gasteiger partial charge in [-0.3, -0.25) is 0 Å². The summed E-state index contributed by atoms with van der Waals surface area (Å²) in [4.78, 5) is 0. The minimum atomic E-state index is 0.215. The molecule has 1 aromatic carbocycles. The molecule has 0 aliphatic rings. The molecule has 0 heterocycles. The Balaban J connectivity index is 2.62. The SMILES string of the molecule is CCC(CC)(CS)COc1cccc(C)c1. The lowest BCUT2D eigenvalue weighted by Crippen LogP contribution is -2.29. The van der Waals surface area contributed by atoms with E-state index in [2.05, 4.69) is 45.5 Å². The highest BCUT2D eigenvalue weighted by Crippen LogP contribution is 2.29. The van der Waals surface area contributed by atoms with Crippen LogP contribution in [-0.2, 0) is 0 Å². The minimum Gasteiger partial charge on any atom is -0.493 e. The van der Waals surface area contributed by atoms with Crippen LogP contribution in [0.25, 0.3) is 0 Å². The van der Waals surface area contributed by atoms with Crippen LogP contribution in [-0.4, -0.2) is 12.4 Å². The van der Waals surface area contributed by atoms with Crippen molar-refractivity contribution < 1.29 is 4.74 Å². The zero-order chi connectivity index (χ0) is 12.0. The molecule has 1 aromatic rings. The molecule has 0 aliphatic carbocycles. The third kappa shape index (κ3) is 3.44. The summed E-state index contributed by atoms with van der Waals surface area (Å²) in [6.45, 7) is 7.25. The van der Waals surface area contributed by atoms with E-state index in [1.165, 1.54) is 5.56 Å². The molecule has 0 spiro atoms. The van der Waals surface area contributed by atoms with Crippen LogP contribution < -0.4 is 4.74 Å². The van der Waals surface area contributed by atoms with Gasteiger partial charge in [0.05, 0.1) is 6.61 Å². The molecule has 0 saturated heterocycles. The second kappa shape index (κ2) is 6.19. The Morgan fingerprint density at radius 3 is 2.44 bits per heavy atom. The van der Waals surface area contributed by atoms with Crippen LogP contribution in [0.2, 0.25) is 0 Å². The summed E-state index contributed by atoms with van der Waals surface area (Å²) >= 11 is 4.45. The number of aryl methyl sites for hydroxylation is 1. The fourth-order valence-corrected chi connectivity index (χ4v) is 2.20. The number of hydrogen-bond acceptors (Lipinski definition) is 2. The van der Waals surface area contributed by atoms with Crippen LogP contribution in [0.4, 0.5) is 0 Å². The number of rotatable bonds is 6. The van der Waals surface area contributed by atoms with Gasteiger partial charge >= 0.3 is 0 Å². The minimum absolute atomic E-state index is 0.215. The first kappa shape index (κ1) is 13.4. The van der Waals surface area contributed by atoms with Crippen LogP contribution in [0, 0.1) is 12.3 Å². The van der Waals surface area contributed by atoms with E-state index in [4.69, 9.17) is 4.74 Å². The third-order valence-electron chi connectivity index (χ3n) is 3.37. The number of ether oxygens (including phenoxy) is 1. The van der Waals surface area contributed by atoms with Gasteiger partial charge in [0.1, 0.15) is 5.75 Å². The van der Waals surface area contributed by atoms with Gasteiger partial charge in [0.15, 0.2) is 0 Å². The van der Waals surface area contributed by atoms with Gasteiger partial charge in [-0.25, -0.2) is 0 Å². The molecule has 90 valence electrons. The molecule has 0 aliphatic heterocycles. The maximum Gasteiger partial charge on any atom is 0.119 e. The van der Waals surface area contributed by atoms with Crippen LogP contribution in [0.3, 0.4) is 0 Å². The molecule has 0 amide bonds. The summed E-state index contributed by atoms with van der Waals surface area (Å²) in [6, 6.07) is 8.21. The van der Waals surface area contributed by atoms with Crippen molar-refractivity contribution in [1.29, 1.82) is 0 Å². The first-order chi connectivity index (χ1) is 7.65. The molecule has 2 heteroatoms. The highest BCUT2D eigenvalue weighted by Gasteiger charge is 2.25. The smallest absolute Gasteiger partial charge is 0.119 e. The van der Waals surface area contributed by atoms with E-state index in [-0.39, 0.29) is 5.41 Å². The van der Waals surface area contributed by atoms with Gasteiger partial charge < -0.3 is 4.74 Å². The lowest BCUT2D eigenvalue weighted by Gasteiger charge is -2.29. The highest BCUT2D eigenvalue weighted by atomic mass is 32.1. The standard InChI is InChI=1S/C14H22OS/c1-4-14(5-2,11-16)10-15-13-8-6-7-12(3)9-13/h6-9,16H,4-5,10-11H2,1-3H3. The summed E-state index contributed by atoms with van der Waals surface area (Å²) in [5.41, 5.74) is 1.45. The van der Waals surface area contributed by atoms with Gasteiger partial charge in [-0.1, -0.05) is 26.0 Å². The summed E-state index contributed by atoms with van der Waals surface area (Å²) in [6.07, 6.45) is 2.22. The van der Waals surface area contributed by atoms with Crippen LogP contribution in [0.5, 0.6) is 5.75 Å². The molecule has 0 fully saturated rings. The molecular formula is C14H22OS. The van der Waals surface area contributed by atoms with E-state index in [1.54, 1.807) is 0 Å². The van der Waals surface area contributed by atoms with Crippen molar-refractivity contribution >= 4 is 12.6 Å². The summed E-state index contributed by atoms with van der Waals surface area (Å²) in [7, 11) is 0. The fourth-order valence-electron chi connectivity index (χ4n) is 1.66. The number of benzene rings is 1. The topological polar surface area (TPSA) is 9.23 Å². The first-order valence-corrected chi connectivity index (χ1v) is 6.59. The highest BCUT2D eigenvalue weighted by molar-refractivity contribution is 7.80. The summed E-state index contributed by atoms with van der Waals surface area (Å²) in [5, 5.41) is 0. The predicted molar refractivity (Wildman–Crippen MR) is 73.5 cm³/mol. The van der Waals surface area contributed by atoms with Gasteiger partial charge in [-0.05, 0) is 43.2 Å². The maximum atomic E-state index is 5.88. The Kier molecular flexibility index (Phi) is 5.20. The molecule has 1 nitrogen and oxygen atoms in total. The largest absolute Gasteiger partial charge is 0.493 e. The molecule has 0 unspecified atom stereocenters. The lowest BCUT2D eigenvalue weighted by molar-refractivity contribution is 0.157. The van der Waals surface area contributed by atoms with E-state index in [9.17, 15) is 0 Å². The molecule has 0 aromatic heterocycles. The first-order valence-electron chi connectivity index (χ1n) is 5.96. The second-order valence-corrected chi connectivity index (χ2v) is 4.79. The van der Waals surface area contributed by atoms with Crippen molar-refractivity contribution in [1.82, 2.24) is 0 Å². The molecule has 0 bridgehead atoms. The third-order valence-corrected chi connectivity index (χ3v) is 4.04. The lowest BCUT2D eigenvalue weighted by atomic mass is 9.85. The molecule has 16 heavy (non-hydrogen) atoms. The average Bonchev–Trinajstić information content (AvgIpc) is 2.32. The van der Waals surface area contributed by atoms with Crippen molar-refractivity contribution in [2.45, 2.75) is 33.6 Å². The van der Waals surface area contributed by atoms with E-state index < -0.39 is 0 Å². The summed E-state index contributed by atoms with van der Waals surface area (Å²) in [5.74, 6) is 1.85. The molecule has 1 rings (SSSR count). The van der Waals surface area contributed by atoms with Gasteiger partial charge in [-0.2, -0.15) is 12.6 Å². The Bertz CT molecular complexity index is 310. The molecule has 0 atom stereocenters. The van der Waals surface area contributed by atoms with E-state index in [0.717, 1.165) is 31.0 Å². The number of thiol groups is 1. The Morgan fingerprint density at radius 2 is 1.94 bits per heavy atom. The van der Waals surface area contributed by atoms with Crippen molar-refractivity contribution in [3.8, 4) is 5.75 Å². The Hall–Kier alpha value is -0.630. The average molecular weight is 238 g/mol. The van der Waals surface area contributed by atoms with Crippen LogP contribution >= 0.6 is 12.6 Å². The van der Waals surface area contributed by atoms with E-state index in [0.29, 0.717) is 0 Å². The van der Waals surface area contributed by atoms with Crippen molar-refractivity contribution in [3.63, 3.8) is 0 Å². The van der Waals surface area contributed by atoms with E-state index in [1.807, 2.05) is 12.1 Å². The zero-order valence-electron chi connectivity index (χ0n) is 10.5. The molecular weight excluding hydrogens is 216 g/mol. The molecule has 0 saturated carbocycles. The van der Waals surface area contributed by atoms with Gasteiger partial charge in [-0.15, -0.1) is 0 Å². The van der Waals surface area contributed by atoms with E-state index >= 15 is 0 Å². The van der Waals surface area contributed by atoms with Crippen LogP contribution in [0.1, 0.15) is 32.3 Å². The normalized spacial score (nSPS) is 11.5. The van der Waals surface area contributed by atoms with Gasteiger partial charge in [0.25, 0.3) is 0 Å². The predicted octanol–water partition coefficient (Wildman–Crippen LogP) is 4.11. The fraction of sp³-hybridized carbons (Fsp3) is 0.571.